The SMILES string of the molecule is N#Cc1cc(F)ccc1CC(=O)c1cc(NC(=O)[C@@H]2[C@@H](c3cc(Cl)cc(Cl)c3)C2(Cl)Cl)ccc1Cl. The largest absolute Gasteiger partial charge is 0.326 e. The third kappa shape index (κ3) is 5.43. The number of anilines is 1. The standard InChI is InChI=1S/C25H14Cl5FN2O2/c26-15-5-13(6-16(27)9-15)22-23(25(22,29)30)24(35)33-18-3-4-20(28)19(10-18)21(34)8-12-1-2-17(31)7-14(12)11-32/h1-7,9-10,22-23H,8H2,(H,33,35)/t22-,23+/m1/s1. The van der Waals surface area contributed by atoms with Crippen molar-refractivity contribution in [2.45, 2.75) is 16.7 Å². The van der Waals surface area contributed by atoms with Gasteiger partial charge in [-0.2, -0.15) is 5.26 Å². The highest BCUT2D eigenvalue weighted by Gasteiger charge is 2.67. The van der Waals surface area contributed by atoms with Crippen molar-refractivity contribution in [3.8, 4) is 6.07 Å². The number of nitrogens with zero attached hydrogens (tertiary/aromatic N) is 1. The molecular formula is C25H14Cl5FN2O2. The molecule has 3 aromatic carbocycles. The van der Waals surface area contributed by atoms with Crippen LogP contribution in [-0.4, -0.2) is 16.0 Å². The highest BCUT2D eigenvalue weighted by atomic mass is 35.5. The van der Waals surface area contributed by atoms with Crippen LogP contribution in [0.25, 0.3) is 0 Å². The number of carbonyl (C=O) groups excluding carboxylic acids is 2. The maximum Gasteiger partial charge on any atom is 0.231 e. The molecule has 0 saturated heterocycles. The van der Waals surface area contributed by atoms with Crippen LogP contribution in [-0.2, 0) is 11.2 Å². The van der Waals surface area contributed by atoms with E-state index in [-0.39, 0.29) is 22.6 Å². The first kappa shape index (κ1) is 25.8. The number of alkyl halides is 2. The van der Waals surface area contributed by atoms with E-state index in [1.165, 1.54) is 30.3 Å². The van der Waals surface area contributed by atoms with E-state index in [0.29, 0.717) is 26.9 Å². The monoisotopic (exact) mass is 568 g/mol. The van der Waals surface area contributed by atoms with Gasteiger partial charge in [-0.15, -0.1) is 23.2 Å². The topological polar surface area (TPSA) is 70.0 Å². The number of benzene rings is 3. The van der Waals surface area contributed by atoms with E-state index < -0.39 is 33.7 Å². The first-order chi connectivity index (χ1) is 16.5. The summed E-state index contributed by atoms with van der Waals surface area (Å²) < 4.78 is 12.0. The molecule has 0 unspecified atom stereocenters. The fraction of sp³-hybridized carbons (Fsp3) is 0.160. The Kier molecular flexibility index (Phi) is 7.33. The number of ketones is 1. The minimum absolute atomic E-state index is 0.0559. The van der Waals surface area contributed by atoms with E-state index in [0.717, 1.165) is 6.07 Å². The second-order valence-corrected chi connectivity index (χ2v) is 10.8. The third-order valence-corrected chi connectivity index (χ3v) is 7.36. The minimum atomic E-state index is -1.36. The fourth-order valence-electron chi connectivity index (χ4n) is 3.93. The van der Waals surface area contributed by atoms with Crippen molar-refractivity contribution in [1.82, 2.24) is 0 Å². The number of nitriles is 1. The number of hydrogen-bond acceptors (Lipinski definition) is 3. The van der Waals surface area contributed by atoms with Gasteiger partial charge in [0.25, 0.3) is 0 Å². The van der Waals surface area contributed by atoms with Gasteiger partial charge < -0.3 is 5.32 Å². The van der Waals surface area contributed by atoms with E-state index in [2.05, 4.69) is 5.32 Å². The highest BCUT2D eigenvalue weighted by molar-refractivity contribution is 6.53. The number of nitrogens with one attached hydrogen (secondary N) is 1. The van der Waals surface area contributed by atoms with Gasteiger partial charge in [-0.1, -0.05) is 40.9 Å². The summed E-state index contributed by atoms with van der Waals surface area (Å²) in [6, 6.07) is 14.8. The van der Waals surface area contributed by atoms with Crippen LogP contribution in [0.5, 0.6) is 0 Å². The van der Waals surface area contributed by atoms with Crippen LogP contribution in [0, 0.1) is 23.1 Å². The lowest BCUT2D eigenvalue weighted by molar-refractivity contribution is -0.117. The number of rotatable bonds is 6. The zero-order valence-corrected chi connectivity index (χ0v) is 21.4. The van der Waals surface area contributed by atoms with Crippen molar-refractivity contribution < 1.29 is 14.0 Å². The maximum atomic E-state index is 13.4. The molecule has 2 atom stereocenters. The van der Waals surface area contributed by atoms with Gasteiger partial charge >= 0.3 is 0 Å². The van der Waals surface area contributed by atoms with Crippen LogP contribution in [0.3, 0.4) is 0 Å². The maximum absolute atomic E-state index is 13.4. The van der Waals surface area contributed by atoms with Crippen molar-refractivity contribution >= 4 is 75.4 Å². The molecule has 1 saturated carbocycles. The lowest BCUT2D eigenvalue weighted by Gasteiger charge is -2.10. The number of carbonyl (C=O) groups is 2. The average Bonchev–Trinajstić information content (AvgIpc) is 3.37. The van der Waals surface area contributed by atoms with Gasteiger partial charge in [-0.25, -0.2) is 4.39 Å². The first-order valence-electron chi connectivity index (χ1n) is 10.2. The van der Waals surface area contributed by atoms with Gasteiger partial charge in [-0.3, -0.25) is 9.59 Å². The Balaban J connectivity index is 1.53. The Bertz CT molecular complexity index is 1380. The van der Waals surface area contributed by atoms with Crippen LogP contribution in [0.4, 0.5) is 10.1 Å². The van der Waals surface area contributed by atoms with Gasteiger partial charge in [0.15, 0.2) is 5.78 Å². The van der Waals surface area contributed by atoms with Crippen molar-refractivity contribution in [2.24, 2.45) is 5.92 Å². The normalized spacial score (nSPS) is 18.0. The van der Waals surface area contributed by atoms with Gasteiger partial charge in [0, 0.05) is 33.6 Å². The molecule has 4 nitrogen and oxygen atoms in total. The molecule has 10 heteroatoms. The van der Waals surface area contributed by atoms with E-state index in [4.69, 9.17) is 58.0 Å². The molecule has 1 N–H and O–H groups in total. The first-order valence-corrected chi connectivity index (χ1v) is 12.1. The Hall–Kier alpha value is -2.33. The molecule has 1 aliphatic carbocycles. The summed E-state index contributed by atoms with van der Waals surface area (Å²) in [5.74, 6) is -2.75. The quantitative estimate of drug-likeness (QED) is 0.245. The molecule has 1 fully saturated rings. The van der Waals surface area contributed by atoms with Crippen LogP contribution in [0.1, 0.15) is 33.0 Å². The molecule has 4 rings (SSSR count). The van der Waals surface area contributed by atoms with Crippen LogP contribution < -0.4 is 5.32 Å². The molecule has 35 heavy (non-hydrogen) atoms. The molecule has 0 bridgehead atoms. The second-order valence-electron chi connectivity index (χ2n) is 8.03. The number of hydrogen-bond donors (Lipinski definition) is 1. The Morgan fingerprint density at radius 3 is 2.34 bits per heavy atom. The van der Waals surface area contributed by atoms with Gasteiger partial charge in [0.1, 0.15) is 10.2 Å². The van der Waals surface area contributed by atoms with Crippen LogP contribution in [0.15, 0.2) is 54.6 Å². The summed E-state index contributed by atoms with van der Waals surface area (Å²) in [4.78, 5) is 25.9. The van der Waals surface area contributed by atoms with E-state index in [1.807, 2.05) is 6.07 Å². The predicted octanol–water partition coefficient (Wildman–Crippen LogP) is 7.61. The average molecular weight is 571 g/mol. The summed E-state index contributed by atoms with van der Waals surface area (Å²) in [6.45, 7) is 0. The fourth-order valence-corrected chi connectivity index (χ4v) is 5.53. The highest BCUT2D eigenvalue weighted by Crippen LogP contribution is 2.65. The Labute approximate surface area is 225 Å². The zero-order valence-electron chi connectivity index (χ0n) is 17.6. The summed E-state index contributed by atoms with van der Waals surface area (Å²) in [6.07, 6.45) is -0.174. The molecule has 1 aliphatic rings. The molecule has 0 aromatic heterocycles. The molecule has 0 aliphatic heterocycles. The number of amides is 1. The lowest BCUT2D eigenvalue weighted by Crippen LogP contribution is -2.17. The molecule has 0 radical (unpaired) electrons. The summed E-state index contributed by atoms with van der Waals surface area (Å²) >= 11 is 31.2. The van der Waals surface area contributed by atoms with Crippen molar-refractivity contribution in [3.63, 3.8) is 0 Å². The van der Waals surface area contributed by atoms with E-state index >= 15 is 0 Å². The van der Waals surface area contributed by atoms with Crippen molar-refractivity contribution in [1.29, 1.82) is 5.26 Å². The van der Waals surface area contributed by atoms with Gasteiger partial charge in [0.05, 0.1) is 22.6 Å². The molecule has 3 aromatic rings. The summed E-state index contributed by atoms with van der Waals surface area (Å²) in [5.41, 5.74) is 1.49. The predicted molar refractivity (Wildman–Crippen MR) is 136 cm³/mol. The third-order valence-electron chi connectivity index (χ3n) is 5.66. The molecular weight excluding hydrogens is 557 g/mol. The lowest BCUT2D eigenvalue weighted by atomic mass is 9.98. The summed E-state index contributed by atoms with van der Waals surface area (Å²) in [7, 11) is 0. The van der Waals surface area contributed by atoms with Crippen LogP contribution >= 0.6 is 58.0 Å². The molecule has 0 heterocycles. The number of halogens is 6. The van der Waals surface area contributed by atoms with Crippen LogP contribution in [0.2, 0.25) is 15.1 Å². The zero-order chi connectivity index (χ0) is 25.5. The smallest absolute Gasteiger partial charge is 0.231 e. The van der Waals surface area contributed by atoms with E-state index in [9.17, 15) is 19.2 Å². The van der Waals surface area contributed by atoms with Gasteiger partial charge in [0.2, 0.25) is 5.91 Å². The van der Waals surface area contributed by atoms with Gasteiger partial charge in [-0.05, 0) is 59.7 Å². The molecule has 0 spiro atoms. The Morgan fingerprint density at radius 1 is 1.00 bits per heavy atom. The second kappa shape index (κ2) is 9.97. The Morgan fingerprint density at radius 2 is 1.69 bits per heavy atom. The van der Waals surface area contributed by atoms with Crippen molar-refractivity contribution in [2.75, 3.05) is 5.32 Å². The van der Waals surface area contributed by atoms with E-state index in [1.54, 1.807) is 18.2 Å². The number of Topliss-reactive ketones (excluding diaryl/α,β-unsaturated/α-hetero) is 1. The minimum Gasteiger partial charge on any atom is -0.326 e. The molecule has 1 amide bonds. The van der Waals surface area contributed by atoms with Crippen molar-refractivity contribution in [3.05, 3.63) is 97.7 Å². The summed E-state index contributed by atoms with van der Waals surface area (Å²) in [5, 5.41) is 12.9. The molecule has 178 valence electrons.